The zero-order chi connectivity index (χ0) is 13.4. The van der Waals surface area contributed by atoms with Crippen molar-refractivity contribution in [2.45, 2.75) is 6.92 Å². The van der Waals surface area contributed by atoms with Crippen molar-refractivity contribution in [3.8, 4) is 22.5 Å². The number of aromatic nitrogens is 3. The smallest absolute Gasteiger partial charge is 0.0947 e. The summed E-state index contributed by atoms with van der Waals surface area (Å²) in [6.45, 7) is 2.07. The topological polar surface area (TPSA) is 22.8 Å². The third kappa shape index (κ3) is 1.97. The Balaban J connectivity index is 2.19. The van der Waals surface area contributed by atoms with E-state index in [1.807, 2.05) is 17.8 Å². The van der Waals surface area contributed by atoms with E-state index in [0.29, 0.717) is 0 Å². The molecule has 0 aliphatic heterocycles. The molecule has 3 rings (SSSR count). The molecule has 0 aliphatic carbocycles. The third-order valence-electron chi connectivity index (χ3n) is 3.51. The zero-order valence-corrected chi connectivity index (χ0v) is 11.5. The molecule has 0 aliphatic rings. The molecule has 0 unspecified atom stereocenters. The van der Waals surface area contributed by atoms with Crippen LogP contribution in [0.3, 0.4) is 0 Å². The molecule has 0 fully saturated rings. The van der Waals surface area contributed by atoms with Gasteiger partial charge in [0.1, 0.15) is 0 Å². The second-order valence-corrected chi connectivity index (χ2v) is 4.85. The van der Waals surface area contributed by atoms with Crippen molar-refractivity contribution in [3.05, 3.63) is 54.4 Å². The van der Waals surface area contributed by atoms with Crippen molar-refractivity contribution in [2.75, 3.05) is 0 Å². The van der Waals surface area contributed by atoms with E-state index in [1.165, 1.54) is 16.8 Å². The van der Waals surface area contributed by atoms with Crippen molar-refractivity contribution in [1.29, 1.82) is 0 Å². The Morgan fingerprint density at radius 3 is 2.37 bits per heavy atom. The van der Waals surface area contributed by atoms with Gasteiger partial charge in [-0.2, -0.15) is 5.10 Å². The average Bonchev–Trinajstić information content (AvgIpc) is 2.95. The van der Waals surface area contributed by atoms with Crippen molar-refractivity contribution >= 4 is 0 Å². The second kappa shape index (κ2) is 4.43. The van der Waals surface area contributed by atoms with Gasteiger partial charge >= 0.3 is 0 Å². The van der Waals surface area contributed by atoms with Crippen LogP contribution in [-0.2, 0) is 14.1 Å². The second-order valence-electron chi connectivity index (χ2n) is 4.85. The maximum Gasteiger partial charge on any atom is 0.0947 e. The molecule has 2 heterocycles. The highest BCUT2D eigenvalue weighted by molar-refractivity contribution is 5.80. The molecule has 0 saturated carbocycles. The van der Waals surface area contributed by atoms with Crippen LogP contribution in [0.4, 0.5) is 0 Å². The monoisotopic (exact) mass is 251 g/mol. The van der Waals surface area contributed by atoms with E-state index >= 15 is 0 Å². The van der Waals surface area contributed by atoms with Crippen molar-refractivity contribution < 1.29 is 0 Å². The number of benzene rings is 1. The summed E-state index contributed by atoms with van der Waals surface area (Å²) in [5.41, 5.74) is 5.79. The van der Waals surface area contributed by atoms with Crippen LogP contribution in [0, 0.1) is 6.92 Å². The number of nitrogens with zero attached hydrogens (tertiary/aromatic N) is 3. The Morgan fingerprint density at radius 2 is 1.74 bits per heavy atom. The molecule has 3 heteroatoms. The Labute approximate surface area is 113 Å². The van der Waals surface area contributed by atoms with Gasteiger partial charge in [-0.15, -0.1) is 0 Å². The molecule has 0 atom stereocenters. The summed E-state index contributed by atoms with van der Waals surface area (Å²) in [6.07, 6.45) is 2.08. The summed E-state index contributed by atoms with van der Waals surface area (Å²) >= 11 is 0. The normalized spacial score (nSPS) is 10.9. The predicted octanol–water partition coefficient (Wildman–Crippen LogP) is 3.40. The lowest BCUT2D eigenvalue weighted by Crippen LogP contribution is -1.93. The highest BCUT2D eigenvalue weighted by Crippen LogP contribution is 2.32. The summed E-state index contributed by atoms with van der Waals surface area (Å²) in [5.74, 6) is 0. The molecule has 0 N–H and O–H groups in total. The van der Waals surface area contributed by atoms with Gasteiger partial charge in [0.15, 0.2) is 0 Å². The summed E-state index contributed by atoms with van der Waals surface area (Å²) in [6, 6.07) is 14.7. The molecule has 0 spiro atoms. The van der Waals surface area contributed by atoms with E-state index < -0.39 is 0 Å². The van der Waals surface area contributed by atoms with Crippen molar-refractivity contribution in [1.82, 2.24) is 14.3 Å². The van der Waals surface area contributed by atoms with E-state index in [2.05, 4.69) is 66.2 Å². The number of rotatable bonds is 2. The largest absolute Gasteiger partial charge is 0.350 e. The molecule has 19 heavy (non-hydrogen) atoms. The molecule has 3 aromatic rings. The SMILES string of the molecule is Cc1cc(-c2ccn(C)c2-c2ccccc2)nn1C. The summed E-state index contributed by atoms with van der Waals surface area (Å²) in [7, 11) is 4.05. The maximum atomic E-state index is 4.58. The van der Waals surface area contributed by atoms with Gasteiger partial charge in [-0.1, -0.05) is 30.3 Å². The van der Waals surface area contributed by atoms with Gasteiger partial charge in [0.25, 0.3) is 0 Å². The van der Waals surface area contributed by atoms with Crippen LogP contribution < -0.4 is 0 Å². The van der Waals surface area contributed by atoms with Gasteiger partial charge in [-0.25, -0.2) is 0 Å². The quantitative estimate of drug-likeness (QED) is 0.684. The molecule has 0 radical (unpaired) electrons. The van der Waals surface area contributed by atoms with Crippen LogP contribution in [0.1, 0.15) is 5.69 Å². The molecule has 96 valence electrons. The molecular weight excluding hydrogens is 234 g/mol. The molecule has 0 saturated heterocycles. The van der Waals surface area contributed by atoms with E-state index in [1.54, 1.807) is 0 Å². The Morgan fingerprint density at radius 1 is 1.00 bits per heavy atom. The number of hydrogen-bond acceptors (Lipinski definition) is 1. The van der Waals surface area contributed by atoms with E-state index in [9.17, 15) is 0 Å². The van der Waals surface area contributed by atoms with Crippen molar-refractivity contribution in [2.24, 2.45) is 14.1 Å². The first-order valence-electron chi connectivity index (χ1n) is 6.38. The molecule has 0 bridgehead atoms. The van der Waals surface area contributed by atoms with Gasteiger partial charge in [-0.05, 0) is 24.6 Å². The molecule has 0 amide bonds. The highest BCUT2D eigenvalue weighted by Gasteiger charge is 2.13. The first kappa shape index (κ1) is 11.8. The summed E-state index contributed by atoms with van der Waals surface area (Å²) in [4.78, 5) is 0. The fourth-order valence-corrected chi connectivity index (χ4v) is 2.38. The maximum absolute atomic E-state index is 4.58. The van der Waals surface area contributed by atoms with Crippen LogP contribution in [0.5, 0.6) is 0 Å². The van der Waals surface area contributed by atoms with Gasteiger partial charge in [0.2, 0.25) is 0 Å². The van der Waals surface area contributed by atoms with E-state index in [-0.39, 0.29) is 0 Å². The molecule has 1 aromatic carbocycles. The number of aryl methyl sites for hydroxylation is 3. The Bertz CT molecular complexity index is 685. The third-order valence-corrected chi connectivity index (χ3v) is 3.51. The minimum atomic E-state index is 1.03. The Hall–Kier alpha value is -2.29. The van der Waals surface area contributed by atoms with E-state index in [0.717, 1.165) is 11.4 Å². The number of hydrogen-bond donors (Lipinski definition) is 0. The van der Waals surface area contributed by atoms with Gasteiger partial charge in [0.05, 0.1) is 11.4 Å². The van der Waals surface area contributed by atoms with Crippen LogP contribution in [-0.4, -0.2) is 14.3 Å². The lowest BCUT2D eigenvalue weighted by molar-refractivity contribution is 0.743. The van der Waals surface area contributed by atoms with Gasteiger partial charge in [0, 0.05) is 31.5 Å². The first-order chi connectivity index (χ1) is 9.16. The lowest BCUT2D eigenvalue weighted by Gasteiger charge is -2.06. The molecule has 3 nitrogen and oxygen atoms in total. The highest BCUT2D eigenvalue weighted by atomic mass is 15.3. The summed E-state index contributed by atoms with van der Waals surface area (Å²) < 4.78 is 4.06. The van der Waals surface area contributed by atoms with E-state index in [4.69, 9.17) is 0 Å². The Kier molecular flexibility index (Phi) is 2.75. The fraction of sp³-hybridized carbons (Fsp3) is 0.188. The molecular formula is C16H17N3. The zero-order valence-electron chi connectivity index (χ0n) is 11.5. The van der Waals surface area contributed by atoms with Crippen LogP contribution >= 0.6 is 0 Å². The minimum Gasteiger partial charge on any atom is -0.350 e. The van der Waals surface area contributed by atoms with Crippen LogP contribution in [0.25, 0.3) is 22.5 Å². The molecule has 2 aromatic heterocycles. The predicted molar refractivity (Wildman–Crippen MR) is 77.8 cm³/mol. The van der Waals surface area contributed by atoms with Gasteiger partial charge < -0.3 is 4.57 Å². The average molecular weight is 251 g/mol. The standard InChI is InChI=1S/C16H17N3/c1-12-11-15(17-19(12)3)14-9-10-18(2)16(14)13-7-5-4-6-8-13/h4-11H,1-3H3. The fourth-order valence-electron chi connectivity index (χ4n) is 2.38. The first-order valence-corrected chi connectivity index (χ1v) is 6.38. The van der Waals surface area contributed by atoms with Crippen LogP contribution in [0.15, 0.2) is 48.7 Å². The van der Waals surface area contributed by atoms with Crippen LogP contribution in [0.2, 0.25) is 0 Å². The lowest BCUT2D eigenvalue weighted by atomic mass is 10.1. The van der Waals surface area contributed by atoms with Gasteiger partial charge in [-0.3, -0.25) is 4.68 Å². The van der Waals surface area contributed by atoms with Crippen molar-refractivity contribution in [3.63, 3.8) is 0 Å². The minimum absolute atomic E-state index is 1.03. The summed E-state index contributed by atoms with van der Waals surface area (Å²) in [5, 5.41) is 4.58.